The molecule has 118 valence electrons. The van der Waals surface area contributed by atoms with Gasteiger partial charge in [-0.1, -0.05) is 25.3 Å². The molecule has 6 heteroatoms. The average Bonchev–Trinajstić information content (AvgIpc) is 2.48. The Balaban J connectivity index is 2.20. The zero-order valence-corrected chi connectivity index (χ0v) is 13.1. The fourth-order valence-corrected chi connectivity index (χ4v) is 4.59. The first-order chi connectivity index (χ1) is 9.95. The van der Waals surface area contributed by atoms with Crippen molar-refractivity contribution in [1.29, 1.82) is 0 Å². The average molecular weight is 314 g/mol. The number of halogens is 1. The summed E-state index contributed by atoms with van der Waals surface area (Å²) >= 11 is 0. The molecule has 1 aliphatic carbocycles. The number of nitrogens with one attached hydrogen (secondary N) is 1. The van der Waals surface area contributed by atoms with E-state index in [0.29, 0.717) is 0 Å². The molecule has 0 aliphatic heterocycles. The topological polar surface area (TPSA) is 72.2 Å². The lowest BCUT2D eigenvalue weighted by molar-refractivity contribution is 0.294. The van der Waals surface area contributed by atoms with Gasteiger partial charge in [-0.25, -0.2) is 17.5 Å². The number of rotatable bonds is 5. The van der Waals surface area contributed by atoms with Crippen LogP contribution in [0.2, 0.25) is 0 Å². The Bertz CT molecular complexity index is 583. The summed E-state index contributed by atoms with van der Waals surface area (Å²) in [6, 6.07) is 3.82. The highest BCUT2D eigenvalue weighted by Crippen LogP contribution is 2.27. The highest BCUT2D eigenvalue weighted by molar-refractivity contribution is 7.89. The van der Waals surface area contributed by atoms with Crippen molar-refractivity contribution in [3.8, 4) is 0 Å². The van der Waals surface area contributed by atoms with Gasteiger partial charge in [0.2, 0.25) is 10.0 Å². The van der Waals surface area contributed by atoms with E-state index in [0.717, 1.165) is 25.7 Å². The van der Waals surface area contributed by atoms with Gasteiger partial charge >= 0.3 is 0 Å². The van der Waals surface area contributed by atoms with Crippen LogP contribution in [-0.2, 0) is 10.0 Å². The van der Waals surface area contributed by atoms with Gasteiger partial charge in [0, 0.05) is 18.2 Å². The molecule has 21 heavy (non-hydrogen) atoms. The Morgan fingerprint density at radius 1 is 1.33 bits per heavy atom. The summed E-state index contributed by atoms with van der Waals surface area (Å²) in [5.74, 6) is -0.243. The monoisotopic (exact) mass is 314 g/mol. The van der Waals surface area contributed by atoms with E-state index < -0.39 is 15.8 Å². The second-order valence-corrected chi connectivity index (χ2v) is 7.41. The van der Waals surface area contributed by atoms with Crippen LogP contribution in [0.5, 0.6) is 0 Å². The molecule has 1 aromatic carbocycles. The van der Waals surface area contributed by atoms with Gasteiger partial charge in [-0.05, 0) is 37.8 Å². The fourth-order valence-electron chi connectivity index (χ4n) is 3.01. The third-order valence-electron chi connectivity index (χ3n) is 4.29. The maximum Gasteiger partial charge on any atom is 0.241 e. The number of hydrogen-bond acceptors (Lipinski definition) is 3. The van der Waals surface area contributed by atoms with E-state index in [4.69, 9.17) is 5.73 Å². The van der Waals surface area contributed by atoms with Crippen LogP contribution < -0.4 is 10.5 Å². The molecule has 0 spiro atoms. The molecule has 1 aromatic rings. The molecular weight excluding hydrogens is 291 g/mol. The van der Waals surface area contributed by atoms with Gasteiger partial charge < -0.3 is 5.73 Å². The van der Waals surface area contributed by atoms with Crippen LogP contribution in [-0.4, -0.2) is 21.0 Å². The first-order valence-corrected chi connectivity index (χ1v) is 8.91. The molecule has 1 fully saturated rings. The molecule has 0 bridgehead atoms. The maximum absolute atomic E-state index is 13.6. The van der Waals surface area contributed by atoms with Crippen molar-refractivity contribution in [3.63, 3.8) is 0 Å². The largest absolute Gasteiger partial charge is 0.329 e. The molecule has 0 heterocycles. The number of benzene rings is 1. The molecule has 1 unspecified atom stereocenters. The highest BCUT2D eigenvalue weighted by Gasteiger charge is 2.28. The number of nitrogens with two attached hydrogens (primary N) is 1. The smallest absolute Gasteiger partial charge is 0.241 e. The minimum absolute atomic E-state index is 0.00300. The summed E-state index contributed by atoms with van der Waals surface area (Å²) < 4.78 is 41.2. The summed E-state index contributed by atoms with van der Waals surface area (Å²) in [7, 11) is -3.74. The van der Waals surface area contributed by atoms with Gasteiger partial charge in [-0.15, -0.1) is 0 Å². The quantitative estimate of drug-likeness (QED) is 0.876. The van der Waals surface area contributed by atoms with E-state index in [9.17, 15) is 12.8 Å². The van der Waals surface area contributed by atoms with Crippen LogP contribution in [0.15, 0.2) is 23.1 Å². The lowest BCUT2D eigenvalue weighted by Gasteiger charge is -2.30. The standard InChI is InChI=1S/C15H23FN2O2S/c1-11-13(16)8-5-9-15(11)21(19,20)18-14(10-17)12-6-3-2-4-7-12/h5,8-9,12,14,18H,2-4,6-7,10,17H2,1H3. The molecule has 3 N–H and O–H groups in total. The van der Waals surface area contributed by atoms with Crippen LogP contribution in [0, 0.1) is 18.7 Å². The third-order valence-corrected chi connectivity index (χ3v) is 5.92. The van der Waals surface area contributed by atoms with Crippen LogP contribution in [0.1, 0.15) is 37.7 Å². The molecule has 1 saturated carbocycles. The van der Waals surface area contributed by atoms with Gasteiger partial charge in [0.15, 0.2) is 0 Å². The van der Waals surface area contributed by atoms with E-state index in [-0.39, 0.29) is 29.0 Å². The Morgan fingerprint density at radius 2 is 2.00 bits per heavy atom. The molecule has 0 amide bonds. The summed E-state index contributed by atoms with van der Waals surface area (Å²) in [4.78, 5) is -0.00300. The minimum atomic E-state index is -3.74. The molecule has 0 radical (unpaired) electrons. The first kappa shape index (κ1) is 16.4. The Hall–Kier alpha value is -0.980. The molecule has 4 nitrogen and oxygen atoms in total. The first-order valence-electron chi connectivity index (χ1n) is 7.43. The fraction of sp³-hybridized carbons (Fsp3) is 0.600. The van der Waals surface area contributed by atoms with Gasteiger partial charge in [0.25, 0.3) is 0 Å². The van der Waals surface area contributed by atoms with E-state index >= 15 is 0 Å². The van der Waals surface area contributed by atoms with Crippen molar-refractivity contribution < 1.29 is 12.8 Å². The maximum atomic E-state index is 13.6. The molecule has 2 rings (SSSR count). The van der Waals surface area contributed by atoms with Crippen molar-refractivity contribution in [2.75, 3.05) is 6.54 Å². The minimum Gasteiger partial charge on any atom is -0.329 e. The summed E-state index contributed by atoms with van der Waals surface area (Å²) in [6.07, 6.45) is 5.41. The van der Waals surface area contributed by atoms with Gasteiger partial charge in [0.05, 0.1) is 4.90 Å². The lowest BCUT2D eigenvalue weighted by atomic mass is 9.84. The second kappa shape index (κ2) is 6.85. The second-order valence-electron chi connectivity index (χ2n) is 5.72. The van der Waals surface area contributed by atoms with Crippen LogP contribution in [0.3, 0.4) is 0 Å². The Kier molecular flexibility index (Phi) is 5.35. The van der Waals surface area contributed by atoms with Gasteiger partial charge in [-0.3, -0.25) is 0 Å². The summed E-state index contributed by atoms with van der Waals surface area (Å²) in [5, 5.41) is 0. The molecular formula is C15H23FN2O2S. The van der Waals surface area contributed by atoms with E-state index in [1.165, 1.54) is 31.5 Å². The third kappa shape index (κ3) is 3.81. The van der Waals surface area contributed by atoms with Crippen LogP contribution in [0.25, 0.3) is 0 Å². The summed E-state index contributed by atoms with van der Waals surface area (Å²) in [6.45, 7) is 1.74. The molecule has 0 saturated heterocycles. The number of hydrogen-bond donors (Lipinski definition) is 2. The zero-order chi connectivity index (χ0) is 15.5. The van der Waals surface area contributed by atoms with Crippen LogP contribution >= 0.6 is 0 Å². The SMILES string of the molecule is Cc1c(F)cccc1S(=O)(=O)NC(CN)C1CCCCC1. The zero-order valence-electron chi connectivity index (χ0n) is 12.3. The summed E-state index contributed by atoms with van der Waals surface area (Å²) in [5.41, 5.74) is 5.90. The van der Waals surface area contributed by atoms with Crippen molar-refractivity contribution in [1.82, 2.24) is 4.72 Å². The van der Waals surface area contributed by atoms with Crippen molar-refractivity contribution in [3.05, 3.63) is 29.6 Å². The lowest BCUT2D eigenvalue weighted by Crippen LogP contribution is -2.45. The Labute approximate surface area is 126 Å². The van der Waals surface area contributed by atoms with Gasteiger partial charge in [0.1, 0.15) is 5.82 Å². The van der Waals surface area contributed by atoms with E-state index in [1.54, 1.807) is 0 Å². The number of sulfonamides is 1. The van der Waals surface area contributed by atoms with E-state index in [1.807, 2.05) is 0 Å². The normalized spacial score (nSPS) is 18.6. The molecule has 1 aliphatic rings. The van der Waals surface area contributed by atoms with Gasteiger partial charge in [-0.2, -0.15) is 0 Å². The van der Waals surface area contributed by atoms with Crippen molar-refractivity contribution in [2.45, 2.75) is 50.0 Å². The molecule has 0 aromatic heterocycles. The predicted octanol–water partition coefficient (Wildman–Crippen LogP) is 2.32. The van der Waals surface area contributed by atoms with Crippen LogP contribution in [0.4, 0.5) is 4.39 Å². The molecule has 1 atom stereocenters. The predicted molar refractivity (Wildman–Crippen MR) is 80.9 cm³/mol. The Morgan fingerprint density at radius 3 is 2.62 bits per heavy atom. The van der Waals surface area contributed by atoms with E-state index in [2.05, 4.69) is 4.72 Å². The van der Waals surface area contributed by atoms with Crippen molar-refractivity contribution in [2.24, 2.45) is 11.7 Å². The van der Waals surface area contributed by atoms with Crippen molar-refractivity contribution >= 4 is 10.0 Å². The highest BCUT2D eigenvalue weighted by atomic mass is 32.2.